The largest absolute Gasteiger partial charge is 0.393 e. The number of allylic oxidation sites excluding steroid dienone is 1. The lowest BCUT2D eigenvalue weighted by molar-refractivity contribution is -0.0439. The van der Waals surface area contributed by atoms with Crippen LogP contribution in [0.1, 0.15) is 64.7 Å². The van der Waals surface area contributed by atoms with Gasteiger partial charge in [0.05, 0.1) is 6.10 Å². The molecule has 20 heavy (non-hydrogen) atoms. The molecule has 4 aliphatic carbocycles. The van der Waals surface area contributed by atoms with E-state index in [0.717, 1.165) is 42.4 Å². The molecule has 0 heterocycles. The van der Waals surface area contributed by atoms with Crippen LogP contribution in [0.15, 0.2) is 12.2 Å². The number of aliphatic hydroxyl groups is 1. The lowest BCUT2D eigenvalue weighted by Gasteiger charge is -2.53. The molecule has 112 valence electrons. The van der Waals surface area contributed by atoms with Gasteiger partial charge in [-0.2, -0.15) is 0 Å². The van der Waals surface area contributed by atoms with E-state index in [4.69, 9.17) is 0 Å². The molecule has 4 rings (SSSR count). The van der Waals surface area contributed by atoms with Crippen LogP contribution in [0, 0.1) is 35.0 Å². The maximum atomic E-state index is 9.96. The molecule has 0 saturated heterocycles. The second-order valence-electron chi connectivity index (χ2n) is 8.59. The molecule has 0 unspecified atom stereocenters. The average Bonchev–Trinajstić information content (AvgIpc) is 2.73. The molecule has 0 bridgehead atoms. The highest BCUT2D eigenvalue weighted by Crippen LogP contribution is 2.63. The van der Waals surface area contributed by atoms with Gasteiger partial charge in [0.25, 0.3) is 0 Å². The fourth-order valence-electron chi connectivity index (χ4n) is 6.56. The first-order chi connectivity index (χ1) is 9.58. The minimum absolute atomic E-state index is 0.00733. The molecule has 0 aromatic carbocycles. The minimum atomic E-state index is 0.00733. The Bertz CT molecular complexity index is 414. The third-order valence-corrected chi connectivity index (χ3v) is 7.83. The number of rotatable bonds is 0. The monoisotopic (exact) mass is 274 g/mol. The zero-order valence-corrected chi connectivity index (χ0v) is 13.0. The highest BCUT2D eigenvalue weighted by atomic mass is 16.3. The van der Waals surface area contributed by atoms with Crippen molar-refractivity contribution < 1.29 is 5.11 Å². The third kappa shape index (κ3) is 1.85. The van der Waals surface area contributed by atoms with Crippen molar-refractivity contribution >= 4 is 0 Å². The van der Waals surface area contributed by atoms with Crippen LogP contribution in [0.5, 0.6) is 0 Å². The van der Waals surface area contributed by atoms with Crippen molar-refractivity contribution in [3.8, 4) is 0 Å². The summed E-state index contributed by atoms with van der Waals surface area (Å²) in [6, 6.07) is 0. The van der Waals surface area contributed by atoms with Crippen molar-refractivity contribution in [1.29, 1.82) is 0 Å². The quantitative estimate of drug-likeness (QED) is 0.642. The van der Waals surface area contributed by atoms with Crippen molar-refractivity contribution in [1.82, 2.24) is 0 Å². The van der Waals surface area contributed by atoms with E-state index in [-0.39, 0.29) is 6.10 Å². The maximum Gasteiger partial charge on any atom is 0.0543 e. The Labute approximate surface area is 123 Å². The molecule has 0 aromatic heterocycles. The van der Waals surface area contributed by atoms with Gasteiger partial charge >= 0.3 is 0 Å². The summed E-state index contributed by atoms with van der Waals surface area (Å²) in [5, 5.41) is 9.96. The summed E-state index contributed by atoms with van der Waals surface area (Å²) < 4.78 is 0. The van der Waals surface area contributed by atoms with Crippen molar-refractivity contribution in [2.45, 2.75) is 70.8 Å². The smallest absolute Gasteiger partial charge is 0.0543 e. The Morgan fingerprint density at radius 3 is 2.70 bits per heavy atom. The predicted molar refractivity (Wildman–Crippen MR) is 82.3 cm³/mol. The van der Waals surface area contributed by atoms with Crippen molar-refractivity contribution in [3.05, 3.63) is 12.2 Å². The molecular formula is C19H30O. The van der Waals surface area contributed by atoms with E-state index in [0.29, 0.717) is 5.41 Å². The number of hydrogen-bond donors (Lipinski definition) is 1. The molecule has 7 atom stereocenters. The molecule has 0 spiro atoms. The third-order valence-electron chi connectivity index (χ3n) is 7.83. The summed E-state index contributed by atoms with van der Waals surface area (Å²) in [5.41, 5.74) is 2.03. The van der Waals surface area contributed by atoms with Gasteiger partial charge in [-0.15, -0.1) is 0 Å². The second-order valence-corrected chi connectivity index (χ2v) is 8.59. The van der Waals surface area contributed by atoms with Gasteiger partial charge in [0.2, 0.25) is 0 Å². The molecule has 4 saturated carbocycles. The van der Waals surface area contributed by atoms with Crippen molar-refractivity contribution in [2.24, 2.45) is 35.0 Å². The molecule has 4 aliphatic rings. The molecule has 0 aromatic rings. The molecule has 0 amide bonds. The number of aliphatic hydroxyl groups excluding tert-OH is 1. The first-order valence-electron chi connectivity index (χ1n) is 8.94. The van der Waals surface area contributed by atoms with E-state index in [9.17, 15) is 5.11 Å². The highest BCUT2D eigenvalue weighted by molar-refractivity contribution is 5.20. The Kier molecular flexibility index (Phi) is 3.07. The minimum Gasteiger partial charge on any atom is -0.393 e. The summed E-state index contributed by atoms with van der Waals surface area (Å²) in [5.74, 6) is 4.64. The lowest BCUT2D eigenvalue weighted by atomic mass is 9.52. The van der Waals surface area contributed by atoms with Crippen LogP contribution in [0.4, 0.5) is 0 Å². The van der Waals surface area contributed by atoms with Gasteiger partial charge < -0.3 is 5.11 Å². The SMILES string of the molecule is C=C1CC[C@H]2[C@@H]3C[C@@H]4CC[C@H](O)C[C@H]4C[C@H]3CC[C@]12C. The Hall–Kier alpha value is -0.300. The molecule has 1 heteroatoms. The van der Waals surface area contributed by atoms with Crippen LogP contribution in [0.2, 0.25) is 0 Å². The summed E-state index contributed by atoms with van der Waals surface area (Å²) >= 11 is 0. The number of hydrogen-bond acceptors (Lipinski definition) is 1. The normalized spacial score (nSPS) is 55.0. The Morgan fingerprint density at radius 1 is 1.00 bits per heavy atom. The van der Waals surface area contributed by atoms with Crippen molar-refractivity contribution in [2.75, 3.05) is 0 Å². The fraction of sp³-hybridized carbons (Fsp3) is 0.895. The van der Waals surface area contributed by atoms with Crippen LogP contribution >= 0.6 is 0 Å². The summed E-state index contributed by atoms with van der Waals surface area (Å²) in [6.07, 6.45) is 11.9. The van der Waals surface area contributed by atoms with Gasteiger partial charge in [0.15, 0.2) is 0 Å². The van der Waals surface area contributed by atoms with Gasteiger partial charge in [0.1, 0.15) is 0 Å². The second kappa shape index (κ2) is 4.60. The maximum absolute atomic E-state index is 9.96. The first kappa shape index (κ1) is 13.4. The number of fused-ring (bicyclic) bond motifs is 4. The lowest BCUT2D eigenvalue weighted by Crippen LogP contribution is -2.46. The first-order valence-corrected chi connectivity index (χ1v) is 8.94. The zero-order chi connectivity index (χ0) is 13.9. The fourth-order valence-corrected chi connectivity index (χ4v) is 6.56. The van der Waals surface area contributed by atoms with E-state index < -0.39 is 0 Å². The van der Waals surface area contributed by atoms with Gasteiger partial charge in [-0.05, 0) is 92.8 Å². The van der Waals surface area contributed by atoms with Crippen molar-refractivity contribution in [3.63, 3.8) is 0 Å². The van der Waals surface area contributed by atoms with E-state index in [1.165, 1.54) is 44.9 Å². The predicted octanol–water partition coefficient (Wildman–Crippen LogP) is 4.56. The van der Waals surface area contributed by atoms with Gasteiger partial charge in [-0.3, -0.25) is 0 Å². The van der Waals surface area contributed by atoms with E-state index in [1.54, 1.807) is 5.57 Å². The molecule has 1 N–H and O–H groups in total. The van der Waals surface area contributed by atoms with Crippen LogP contribution in [0.25, 0.3) is 0 Å². The molecule has 1 nitrogen and oxygen atoms in total. The highest BCUT2D eigenvalue weighted by Gasteiger charge is 2.53. The molecular weight excluding hydrogens is 244 g/mol. The molecule has 0 radical (unpaired) electrons. The topological polar surface area (TPSA) is 20.2 Å². The summed E-state index contributed by atoms with van der Waals surface area (Å²) in [6.45, 7) is 6.92. The van der Waals surface area contributed by atoms with Gasteiger partial charge in [-0.25, -0.2) is 0 Å². The van der Waals surface area contributed by atoms with Crippen LogP contribution in [-0.2, 0) is 0 Å². The Balaban J connectivity index is 1.56. The van der Waals surface area contributed by atoms with E-state index >= 15 is 0 Å². The summed E-state index contributed by atoms with van der Waals surface area (Å²) in [4.78, 5) is 0. The van der Waals surface area contributed by atoms with E-state index in [1.807, 2.05) is 0 Å². The van der Waals surface area contributed by atoms with Gasteiger partial charge in [-0.1, -0.05) is 19.1 Å². The van der Waals surface area contributed by atoms with Crippen LogP contribution in [-0.4, -0.2) is 11.2 Å². The Morgan fingerprint density at radius 2 is 1.85 bits per heavy atom. The molecule has 4 fully saturated rings. The van der Waals surface area contributed by atoms with E-state index in [2.05, 4.69) is 13.5 Å². The van der Waals surface area contributed by atoms with Crippen LogP contribution in [0.3, 0.4) is 0 Å². The molecule has 0 aliphatic heterocycles. The van der Waals surface area contributed by atoms with Crippen LogP contribution < -0.4 is 0 Å². The summed E-state index contributed by atoms with van der Waals surface area (Å²) in [7, 11) is 0. The zero-order valence-electron chi connectivity index (χ0n) is 13.0. The average molecular weight is 274 g/mol. The van der Waals surface area contributed by atoms with Gasteiger partial charge in [0, 0.05) is 0 Å². The standard InChI is InChI=1S/C19H30O/c1-12-3-6-18-17-11-13-4-5-16(20)10-15(13)9-14(17)7-8-19(12,18)2/h13-18,20H,1,3-11H2,2H3/t13-,14+,15+,16-,17+,18-,19+/m0/s1.